The molecule has 0 spiro atoms. The number of carbonyl (C=O) groups is 2. The topological polar surface area (TPSA) is 78.9 Å². The highest BCUT2D eigenvalue weighted by atomic mass is 16.5. The second-order valence-corrected chi connectivity index (χ2v) is 6.47. The molecule has 0 aliphatic carbocycles. The van der Waals surface area contributed by atoms with Crippen LogP contribution in [0, 0.1) is 5.92 Å². The average Bonchev–Trinajstić information content (AvgIpc) is 2.24. The average molecular weight is 286 g/mol. The Morgan fingerprint density at radius 3 is 2.50 bits per heavy atom. The van der Waals surface area contributed by atoms with Crippen molar-refractivity contribution >= 4 is 12.0 Å². The van der Waals surface area contributed by atoms with E-state index < -0.39 is 5.97 Å². The zero-order valence-corrected chi connectivity index (χ0v) is 13.0. The molecule has 2 unspecified atom stereocenters. The van der Waals surface area contributed by atoms with Crippen LogP contribution in [0.25, 0.3) is 0 Å². The molecule has 0 saturated carbocycles. The number of amides is 2. The van der Waals surface area contributed by atoms with Gasteiger partial charge in [-0.2, -0.15) is 0 Å². The smallest absolute Gasteiger partial charge is 0.317 e. The maximum Gasteiger partial charge on any atom is 0.317 e. The molecule has 20 heavy (non-hydrogen) atoms. The number of nitrogens with one attached hydrogen (secondary N) is 1. The van der Waals surface area contributed by atoms with E-state index in [-0.39, 0.29) is 36.1 Å². The first kappa shape index (κ1) is 16.8. The molecule has 6 nitrogen and oxygen atoms in total. The molecule has 0 aromatic carbocycles. The van der Waals surface area contributed by atoms with Crippen molar-refractivity contribution in [3.8, 4) is 0 Å². The lowest BCUT2D eigenvalue weighted by atomic mass is 10.0. The molecule has 6 heteroatoms. The van der Waals surface area contributed by atoms with Gasteiger partial charge in [0.2, 0.25) is 0 Å². The molecule has 0 aromatic heterocycles. The normalized spacial score (nSPS) is 23.5. The quantitative estimate of drug-likeness (QED) is 0.824. The Kier molecular flexibility index (Phi) is 5.39. The summed E-state index contributed by atoms with van der Waals surface area (Å²) in [5.74, 6) is -0.832. The largest absolute Gasteiger partial charge is 0.481 e. The van der Waals surface area contributed by atoms with Crippen LogP contribution >= 0.6 is 0 Å². The fourth-order valence-corrected chi connectivity index (χ4v) is 2.50. The Balaban J connectivity index is 2.66. The molecule has 0 bridgehead atoms. The first-order chi connectivity index (χ1) is 9.10. The van der Waals surface area contributed by atoms with Gasteiger partial charge < -0.3 is 20.1 Å². The zero-order valence-electron chi connectivity index (χ0n) is 13.0. The molecule has 0 aromatic rings. The lowest BCUT2D eigenvalue weighted by Crippen LogP contribution is -2.58. The monoisotopic (exact) mass is 286 g/mol. The predicted octanol–water partition coefficient (Wildman–Crippen LogP) is 1.69. The number of hydrogen-bond acceptors (Lipinski definition) is 3. The van der Waals surface area contributed by atoms with Crippen LogP contribution in [-0.2, 0) is 9.53 Å². The van der Waals surface area contributed by atoms with Crippen molar-refractivity contribution in [1.82, 2.24) is 10.2 Å². The van der Waals surface area contributed by atoms with E-state index in [2.05, 4.69) is 5.32 Å². The number of ether oxygens (including phenoxy) is 1. The Labute approximate surface area is 120 Å². The molecule has 1 rings (SSSR count). The van der Waals surface area contributed by atoms with Gasteiger partial charge in [-0.15, -0.1) is 0 Å². The number of nitrogens with zero attached hydrogens (tertiary/aromatic N) is 1. The van der Waals surface area contributed by atoms with Crippen LogP contribution in [0.1, 0.15) is 41.0 Å². The zero-order chi connectivity index (χ0) is 15.5. The van der Waals surface area contributed by atoms with E-state index in [9.17, 15) is 9.59 Å². The summed E-state index contributed by atoms with van der Waals surface area (Å²) >= 11 is 0. The van der Waals surface area contributed by atoms with Crippen molar-refractivity contribution in [2.45, 2.75) is 58.8 Å². The first-order valence-corrected chi connectivity index (χ1v) is 7.06. The summed E-state index contributed by atoms with van der Waals surface area (Å²) in [4.78, 5) is 24.8. The van der Waals surface area contributed by atoms with Gasteiger partial charge in [0.05, 0.1) is 24.7 Å². The van der Waals surface area contributed by atoms with E-state index in [0.717, 1.165) is 0 Å². The van der Waals surface area contributed by atoms with Crippen LogP contribution in [0.15, 0.2) is 0 Å². The van der Waals surface area contributed by atoms with Crippen LogP contribution in [0.4, 0.5) is 4.79 Å². The maximum atomic E-state index is 12.3. The van der Waals surface area contributed by atoms with Crippen LogP contribution in [0.3, 0.4) is 0 Å². The Morgan fingerprint density at radius 1 is 1.45 bits per heavy atom. The highest BCUT2D eigenvalue weighted by Gasteiger charge is 2.34. The number of morpholine rings is 1. The number of hydrogen-bond donors (Lipinski definition) is 2. The summed E-state index contributed by atoms with van der Waals surface area (Å²) in [5, 5.41) is 11.7. The number of carboxylic acid groups (broad SMARTS) is 1. The van der Waals surface area contributed by atoms with E-state index >= 15 is 0 Å². The highest BCUT2D eigenvalue weighted by molar-refractivity contribution is 5.76. The minimum atomic E-state index is -0.903. The summed E-state index contributed by atoms with van der Waals surface area (Å²) < 4.78 is 5.76. The van der Waals surface area contributed by atoms with Gasteiger partial charge in [-0.1, -0.05) is 13.8 Å². The number of urea groups is 1. The van der Waals surface area contributed by atoms with Gasteiger partial charge in [0.25, 0.3) is 0 Å². The first-order valence-electron chi connectivity index (χ1n) is 7.06. The van der Waals surface area contributed by atoms with Crippen molar-refractivity contribution in [1.29, 1.82) is 0 Å². The number of carboxylic acids is 1. The number of rotatable bonds is 4. The molecule has 1 heterocycles. The lowest BCUT2D eigenvalue weighted by molar-refractivity contribution is -0.137. The standard InChI is InChI=1S/C14H26N2O4/c1-9(2)11(6-12(17)18)15-13(19)16-7-10(3)20-14(4,5)8-16/h9-11H,6-8H2,1-5H3,(H,15,19)(H,17,18). The number of carbonyl (C=O) groups excluding carboxylic acids is 1. The highest BCUT2D eigenvalue weighted by Crippen LogP contribution is 2.21. The van der Waals surface area contributed by atoms with Gasteiger partial charge in [0.15, 0.2) is 0 Å². The molecular weight excluding hydrogens is 260 g/mol. The third kappa shape index (κ3) is 5.00. The molecule has 1 saturated heterocycles. The van der Waals surface area contributed by atoms with Gasteiger partial charge >= 0.3 is 12.0 Å². The fraction of sp³-hybridized carbons (Fsp3) is 0.857. The Bertz CT molecular complexity index is 368. The maximum absolute atomic E-state index is 12.3. The molecule has 1 aliphatic rings. The predicted molar refractivity (Wildman–Crippen MR) is 75.6 cm³/mol. The van der Waals surface area contributed by atoms with E-state index in [1.807, 2.05) is 34.6 Å². The van der Waals surface area contributed by atoms with Gasteiger partial charge in [-0.05, 0) is 26.7 Å². The van der Waals surface area contributed by atoms with Gasteiger partial charge in [0.1, 0.15) is 0 Å². The SMILES string of the molecule is CC1CN(C(=O)NC(CC(=O)O)C(C)C)CC(C)(C)O1. The number of aliphatic carboxylic acids is 1. The summed E-state index contributed by atoms with van der Waals surface area (Å²) in [6.45, 7) is 10.6. The van der Waals surface area contributed by atoms with Gasteiger partial charge in [-0.25, -0.2) is 4.79 Å². The molecular formula is C14H26N2O4. The molecule has 1 aliphatic heterocycles. The fourth-order valence-electron chi connectivity index (χ4n) is 2.50. The lowest BCUT2D eigenvalue weighted by Gasteiger charge is -2.42. The third-order valence-corrected chi connectivity index (χ3v) is 3.36. The Morgan fingerprint density at radius 2 is 2.05 bits per heavy atom. The molecule has 2 atom stereocenters. The van der Waals surface area contributed by atoms with Crippen molar-refractivity contribution in [3.05, 3.63) is 0 Å². The summed E-state index contributed by atoms with van der Waals surface area (Å²) in [6.07, 6.45) is -0.0892. The molecule has 116 valence electrons. The molecule has 2 N–H and O–H groups in total. The van der Waals surface area contributed by atoms with E-state index in [1.165, 1.54) is 0 Å². The van der Waals surface area contributed by atoms with Gasteiger partial charge in [0, 0.05) is 12.6 Å². The van der Waals surface area contributed by atoms with Crippen LogP contribution in [0.5, 0.6) is 0 Å². The minimum absolute atomic E-state index is 0.0264. The van der Waals surface area contributed by atoms with Crippen molar-refractivity contribution in [2.24, 2.45) is 5.92 Å². The summed E-state index contributed by atoms with van der Waals surface area (Å²) in [5.41, 5.74) is -0.380. The van der Waals surface area contributed by atoms with Crippen molar-refractivity contribution in [3.63, 3.8) is 0 Å². The van der Waals surface area contributed by atoms with Crippen molar-refractivity contribution < 1.29 is 19.4 Å². The van der Waals surface area contributed by atoms with Crippen LogP contribution < -0.4 is 5.32 Å². The molecule has 1 fully saturated rings. The minimum Gasteiger partial charge on any atom is -0.481 e. The van der Waals surface area contributed by atoms with Gasteiger partial charge in [-0.3, -0.25) is 4.79 Å². The van der Waals surface area contributed by atoms with Crippen LogP contribution in [-0.4, -0.2) is 52.8 Å². The van der Waals surface area contributed by atoms with Crippen LogP contribution in [0.2, 0.25) is 0 Å². The summed E-state index contributed by atoms with van der Waals surface area (Å²) in [6, 6.07) is -0.575. The molecule has 2 amide bonds. The second-order valence-electron chi connectivity index (χ2n) is 6.47. The van der Waals surface area contributed by atoms with E-state index in [0.29, 0.717) is 13.1 Å². The third-order valence-electron chi connectivity index (χ3n) is 3.36. The van der Waals surface area contributed by atoms with Crippen molar-refractivity contribution in [2.75, 3.05) is 13.1 Å². The molecule has 0 radical (unpaired) electrons. The Hall–Kier alpha value is -1.30. The second kappa shape index (κ2) is 6.43. The summed E-state index contributed by atoms with van der Waals surface area (Å²) in [7, 11) is 0. The van der Waals surface area contributed by atoms with E-state index in [4.69, 9.17) is 9.84 Å². The van der Waals surface area contributed by atoms with E-state index in [1.54, 1.807) is 4.90 Å².